The molecule has 1 saturated heterocycles. The fourth-order valence-electron chi connectivity index (χ4n) is 2.34. The summed E-state index contributed by atoms with van der Waals surface area (Å²) in [5.41, 5.74) is 5.93. The van der Waals surface area contributed by atoms with Crippen molar-refractivity contribution in [3.63, 3.8) is 0 Å². The SMILES string of the molecule is COc1nc(N)nc2c1ncn2[C@@H]1O[C@H](CO)C(O)C1(F)Cl. The summed E-state index contributed by atoms with van der Waals surface area (Å²) in [5, 5.41) is 16.3. The number of halogens is 2. The van der Waals surface area contributed by atoms with Crippen molar-refractivity contribution in [2.45, 2.75) is 23.6 Å². The van der Waals surface area contributed by atoms with Crippen molar-refractivity contribution >= 4 is 28.7 Å². The third-order valence-electron chi connectivity index (χ3n) is 3.41. The van der Waals surface area contributed by atoms with Gasteiger partial charge in [-0.2, -0.15) is 9.97 Å². The molecule has 0 spiro atoms. The second-order valence-electron chi connectivity index (χ2n) is 4.74. The van der Waals surface area contributed by atoms with Gasteiger partial charge in [0, 0.05) is 0 Å². The third-order valence-corrected chi connectivity index (χ3v) is 3.82. The minimum Gasteiger partial charge on any atom is -0.479 e. The number of rotatable bonds is 3. The van der Waals surface area contributed by atoms with Crippen molar-refractivity contribution in [1.29, 1.82) is 0 Å². The van der Waals surface area contributed by atoms with Crippen LogP contribution in [0.4, 0.5) is 10.3 Å². The molecule has 0 saturated carbocycles. The molecule has 2 aromatic heterocycles. The molecule has 0 amide bonds. The average Bonchev–Trinajstić information content (AvgIpc) is 2.98. The van der Waals surface area contributed by atoms with Crippen molar-refractivity contribution in [3.05, 3.63) is 6.33 Å². The van der Waals surface area contributed by atoms with Crippen molar-refractivity contribution in [2.24, 2.45) is 0 Å². The Bertz CT molecular complexity index is 711. The van der Waals surface area contributed by atoms with Crippen LogP contribution in [0.1, 0.15) is 6.23 Å². The van der Waals surface area contributed by atoms with Crippen molar-refractivity contribution in [3.8, 4) is 5.88 Å². The van der Waals surface area contributed by atoms with Gasteiger partial charge in [-0.1, -0.05) is 11.6 Å². The molecule has 0 aliphatic carbocycles. The normalized spacial score (nSPS) is 31.8. The molecule has 4 N–H and O–H groups in total. The lowest BCUT2D eigenvalue weighted by atomic mass is 10.1. The van der Waals surface area contributed by atoms with Gasteiger partial charge in [-0.25, -0.2) is 9.37 Å². The maximum absolute atomic E-state index is 14.6. The topological polar surface area (TPSA) is 129 Å². The Morgan fingerprint density at radius 1 is 1.59 bits per heavy atom. The fourth-order valence-corrected chi connectivity index (χ4v) is 2.64. The second-order valence-corrected chi connectivity index (χ2v) is 5.32. The van der Waals surface area contributed by atoms with Crippen LogP contribution in [0, 0.1) is 0 Å². The Kier molecular flexibility index (Phi) is 3.56. The molecule has 120 valence electrons. The van der Waals surface area contributed by atoms with Crippen LogP contribution in [0.5, 0.6) is 5.88 Å². The highest BCUT2D eigenvalue weighted by molar-refractivity contribution is 6.23. The molecule has 2 unspecified atom stereocenters. The third kappa shape index (κ3) is 2.07. The molecule has 0 radical (unpaired) electrons. The quantitative estimate of drug-likeness (QED) is 0.645. The number of nitrogens with zero attached hydrogens (tertiary/aromatic N) is 4. The molecule has 3 heterocycles. The van der Waals surface area contributed by atoms with Crippen LogP contribution in [0.25, 0.3) is 11.2 Å². The Morgan fingerprint density at radius 2 is 2.32 bits per heavy atom. The summed E-state index contributed by atoms with van der Waals surface area (Å²) in [7, 11) is 1.37. The fraction of sp³-hybridized carbons (Fsp3) is 0.545. The highest BCUT2D eigenvalue weighted by atomic mass is 35.5. The van der Waals surface area contributed by atoms with Gasteiger partial charge in [0.1, 0.15) is 12.2 Å². The Balaban J connectivity index is 2.13. The zero-order valence-electron chi connectivity index (χ0n) is 11.3. The van der Waals surface area contributed by atoms with Gasteiger partial charge in [-0.15, -0.1) is 0 Å². The van der Waals surface area contributed by atoms with Crippen LogP contribution < -0.4 is 10.5 Å². The van der Waals surface area contributed by atoms with Crippen LogP contribution in [0.3, 0.4) is 0 Å². The smallest absolute Gasteiger partial charge is 0.256 e. The molecule has 11 heteroatoms. The summed E-state index contributed by atoms with van der Waals surface area (Å²) >= 11 is 5.76. The largest absolute Gasteiger partial charge is 0.479 e. The van der Waals surface area contributed by atoms with Crippen LogP contribution in [-0.2, 0) is 4.74 Å². The first kappa shape index (κ1) is 15.2. The minimum atomic E-state index is -2.67. The number of hydrogen-bond acceptors (Lipinski definition) is 8. The number of hydrogen-bond donors (Lipinski definition) is 3. The van der Waals surface area contributed by atoms with Crippen molar-refractivity contribution in [2.75, 3.05) is 19.5 Å². The Morgan fingerprint density at radius 3 is 2.91 bits per heavy atom. The van der Waals surface area contributed by atoms with Gasteiger partial charge in [0.15, 0.2) is 17.4 Å². The number of fused-ring (bicyclic) bond motifs is 1. The average molecular weight is 334 g/mol. The van der Waals surface area contributed by atoms with Crippen molar-refractivity contribution < 1.29 is 24.1 Å². The first-order valence-electron chi connectivity index (χ1n) is 6.26. The van der Waals surface area contributed by atoms with E-state index in [0.717, 1.165) is 0 Å². The number of nitrogen functional groups attached to an aromatic ring is 1. The van der Waals surface area contributed by atoms with E-state index in [1.54, 1.807) is 0 Å². The van der Waals surface area contributed by atoms with E-state index in [9.17, 15) is 9.50 Å². The zero-order chi connectivity index (χ0) is 16.1. The molecule has 1 aliphatic rings. The zero-order valence-corrected chi connectivity index (χ0v) is 12.1. The van der Waals surface area contributed by atoms with E-state index in [2.05, 4.69) is 15.0 Å². The molecule has 2 aromatic rings. The number of ether oxygens (including phenoxy) is 2. The minimum absolute atomic E-state index is 0.109. The van der Waals surface area contributed by atoms with E-state index < -0.39 is 30.2 Å². The number of aromatic nitrogens is 4. The molecule has 3 rings (SSSR count). The number of imidazole rings is 1. The lowest BCUT2D eigenvalue weighted by Crippen LogP contribution is -2.38. The maximum Gasteiger partial charge on any atom is 0.256 e. The van der Waals surface area contributed by atoms with E-state index in [-0.39, 0.29) is 23.0 Å². The number of nitrogens with two attached hydrogens (primary N) is 1. The van der Waals surface area contributed by atoms with Gasteiger partial charge in [0.25, 0.3) is 5.13 Å². The number of aliphatic hydroxyl groups excluding tert-OH is 2. The molecule has 4 atom stereocenters. The van der Waals surface area contributed by atoms with E-state index >= 15 is 0 Å². The highest BCUT2D eigenvalue weighted by Gasteiger charge is 2.57. The molecule has 0 aromatic carbocycles. The number of aliphatic hydroxyl groups is 2. The number of alkyl halides is 2. The Hall–Kier alpha value is -1.75. The standard InChI is InChI=1S/C11H13ClFN5O4/c1-21-8-5-7(16-10(14)17-8)18(3-15-5)9-11(12,13)6(20)4(2-19)22-9/h3-4,6,9,19-20H,2H2,1H3,(H2,14,16,17)/t4-,6?,9-,11?/m1/s1. The number of methoxy groups -OCH3 is 1. The Labute approximate surface area is 128 Å². The van der Waals surface area contributed by atoms with Gasteiger partial charge < -0.3 is 25.4 Å². The van der Waals surface area contributed by atoms with Crippen molar-refractivity contribution in [1.82, 2.24) is 19.5 Å². The predicted molar refractivity (Wildman–Crippen MR) is 73.0 cm³/mol. The van der Waals surface area contributed by atoms with E-state index in [1.807, 2.05) is 0 Å². The van der Waals surface area contributed by atoms with Gasteiger partial charge in [-0.3, -0.25) is 4.57 Å². The number of anilines is 1. The van der Waals surface area contributed by atoms with Crippen LogP contribution in [0.2, 0.25) is 0 Å². The summed E-state index contributed by atoms with van der Waals surface area (Å²) < 4.78 is 26.1. The molecule has 0 bridgehead atoms. The summed E-state index contributed by atoms with van der Waals surface area (Å²) in [4.78, 5) is 11.8. The van der Waals surface area contributed by atoms with E-state index in [1.165, 1.54) is 18.0 Å². The molecular formula is C11H13ClFN5O4. The van der Waals surface area contributed by atoms with Gasteiger partial charge in [-0.05, 0) is 0 Å². The lowest BCUT2D eigenvalue weighted by molar-refractivity contribution is -0.0482. The first-order valence-corrected chi connectivity index (χ1v) is 6.64. The summed E-state index contributed by atoms with van der Waals surface area (Å²) in [5.74, 6) is -0.0000755. The predicted octanol–water partition coefficient (Wildman–Crippen LogP) is -0.428. The first-order chi connectivity index (χ1) is 10.4. The van der Waals surface area contributed by atoms with E-state index in [0.29, 0.717) is 0 Å². The summed E-state index contributed by atoms with van der Waals surface area (Å²) in [6.45, 7) is -0.594. The summed E-state index contributed by atoms with van der Waals surface area (Å²) in [6.07, 6.45) is -3.13. The lowest BCUT2D eigenvalue weighted by Gasteiger charge is -2.22. The van der Waals surface area contributed by atoms with Gasteiger partial charge in [0.2, 0.25) is 11.8 Å². The van der Waals surface area contributed by atoms with Gasteiger partial charge in [0.05, 0.1) is 20.0 Å². The molecule has 22 heavy (non-hydrogen) atoms. The maximum atomic E-state index is 14.6. The molecular weight excluding hydrogens is 321 g/mol. The van der Waals surface area contributed by atoms with Crippen LogP contribution >= 0.6 is 11.6 Å². The van der Waals surface area contributed by atoms with Crippen LogP contribution in [-0.4, -0.2) is 60.8 Å². The molecule has 9 nitrogen and oxygen atoms in total. The second kappa shape index (κ2) is 5.16. The van der Waals surface area contributed by atoms with Crippen LogP contribution in [0.15, 0.2) is 6.33 Å². The molecule has 1 aliphatic heterocycles. The monoisotopic (exact) mass is 333 g/mol. The van der Waals surface area contributed by atoms with E-state index in [4.69, 9.17) is 31.9 Å². The summed E-state index contributed by atoms with van der Waals surface area (Å²) in [6, 6.07) is 0. The molecule has 1 fully saturated rings. The van der Waals surface area contributed by atoms with Gasteiger partial charge >= 0.3 is 0 Å². The highest BCUT2D eigenvalue weighted by Crippen LogP contribution is 2.45.